The van der Waals surface area contributed by atoms with Crippen molar-refractivity contribution in [1.29, 1.82) is 0 Å². The van der Waals surface area contributed by atoms with E-state index in [0.717, 1.165) is 29.8 Å². The van der Waals surface area contributed by atoms with Gasteiger partial charge < -0.3 is 25.6 Å². The maximum atomic E-state index is 6.37. The molecule has 0 radical (unpaired) electrons. The SMILES string of the molecule is COc1cc(N(C)CCN(C)C)c(N)cc1Nc1nccc(-n2ccc3cccnc32)n1. The van der Waals surface area contributed by atoms with Gasteiger partial charge in [0.15, 0.2) is 0 Å². The van der Waals surface area contributed by atoms with E-state index in [2.05, 4.69) is 30.1 Å². The van der Waals surface area contributed by atoms with E-state index in [-0.39, 0.29) is 0 Å². The summed E-state index contributed by atoms with van der Waals surface area (Å²) >= 11 is 0. The third kappa shape index (κ3) is 4.42. The van der Waals surface area contributed by atoms with Crippen molar-refractivity contribution in [2.45, 2.75) is 0 Å². The van der Waals surface area contributed by atoms with Gasteiger partial charge in [-0.15, -0.1) is 0 Å². The maximum absolute atomic E-state index is 6.37. The summed E-state index contributed by atoms with van der Waals surface area (Å²) in [7, 11) is 7.75. The van der Waals surface area contributed by atoms with Crippen LogP contribution in [0.4, 0.5) is 23.0 Å². The van der Waals surface area contributed by atoms with Crippen molar-refractivity contribution < 1.29 is 4.74 Å². The number of nitrogens with zero attached hydrogens (tertiary/aromatic N) is 6. The number of hydrogen-bond donors (Lipinski definition) is 2. The lowest BCUT2D eigenvalue weighted by Crippen LogP contribution is -2.29. The predicted molar refractivity (Wildman–Crippen MR) is 129 cm³/mol. The lowest BCUT2D eigenvalue weighted by molar-refractivity contribution is 0.413. The minimum Gasteiger partial charge on any atom is -0.494 e. The summed E-state index contributed by atoms with van der Waals surface area (Å²) in [4.78, 5) is 17.7. The van der Waals surface area contributed by atoms with Crippen LogP contribution in [0.2, 0.25) is 0 Å². The Bertz CT molecular complexity index is 1220. The number of benzene rings is 1. The van der Waals surface area contributed by atoms with Crippen molar-refractivity contribution in [3.8, 4) is 11.6 Å². The number of nitrogens with two attached hydrogens (primary N) is 1. The average Bonchev–Trinajstić information content (AvgIpc) is 3.22. The van der Waals surface area contributed by atoms with Crippen LogP contribution in [0, 0.1) is 0 Å². The monoisotopic (exact) mass is 432 g/mol. The van der Waals surface area contributed by atoms with Crippen molar-refractivity contribution in [1.82, 2.24) is 24.4 Å². The molecule has 3 heterocycles. The summed E-state index contributed by atoms with van der Waals surface area (Å²) in [6.07, 6.45) is 5.42. The number of hydrogen-bond acceptors (Lipinski definition) is 8. The van der Waals surface area contributed by atoms with Gasteiger partial charge in [0.05, 0.1) is 24.2 Å². The molecule has 3 aromatic heterocycles. The number of pyridine rings is 1. The molecule has 9 nitrogen and oxygen atoms in total. The fourth-order valence-corrected chi connectivity index (χ4v) is 3.47. The van der Waals surface area contributed by atoms with Crippen LogP contribution in [0.25, 0.3) is 16.9 Å². The zero-order valence-corrected chi connectivity index (χ0v) is 18.8. The van der Waals surface area contributed by atoms with E-state index in [4.69, 9.17) is 10.5 Å². The third-order valence-corrected chi connectivity index (χ3v) is 5.23. The Morgan fingerprint density at radius 3 is 2.69 bits per heavy atom. The normalized spacial score (nSPS) is 11.2. The number of aromatic nitrogens is 4. The van der Waals surface area contributed by atoms with Crippen LogP contribution >= 0.6 is 0 Å². The molecule has 4 aromatic rings. The van der Waals surface area contributed by atoms with Crippen LogP contribution in [-0.4, -0.2) is 65.8 Å². The Hall–Kier alpha value is -3.85. The molecule has 0 saturated heterocycles. The van der Waals surface area contributed by atoms with Crippen molar-refractivity contribution >= 4 is 34.0 Å². The summed E-state index contributed by atoms with van der Waals surface area (Å²) < 4.78 is 7.55. The van der Waals surface area contributed by atoms with Gasteiger partial charge in [-0.3, -0.25) is 4.57 Å². The molecule has 0 saturated carbocycles. The lowest BCUT2D eigenvalue weighted by atomic mass is 10.2. The molecule has 9 heteroatoms. The van der Waals surface area contributed by atoms with E-state index in [0.29, 0.717) is 28.9 Å². The van der Waals surface area contributed by atoms with E-state index in [1.165, 1.54) is 0 Å². The van der Waals surface area contributed by atoms with E-state index < -0.39 is 0 Å². The quantitative estimate of drug-likeness (QED) is 0.410. The molecule has 0 aliphatic rings. The number of ether oxygens (including phenoxy) is 1. The Labute approximate surface area is 187 Å². The van der Waals surface area contributed by atoms with Crippen molar-refractivity contribution in [2.24, 2.45) is 0 Å². The number of rotatable bonds is 8. The van der Waals surface area contributed by atoms with E-state index in [1.807, 2.05) is 68.3 Å². The number of likely N-dealkylation sites (N-methyl/N-ethyl adjacent to an activating group) is 2. The fourth-order valence-electron chi connectivity index (χ4n) is 3.47. The Balaban J connectivity index is 1.61. The van der Waals surface area contributed by atoms with Crippen LogP contribution in [-0.2, 0) is 0 Å². The van der Waals surface area contributed by atoms with Crippen molar-refractivity contribution in [2.75, 3.05) is 57.3 Å². The second kappa shape index (κ2) is 9.11. The smallest absolute Gasteiger partial charge is 0.229 e. The van der Waals surface area contributed by atoms with E-state index in [9.17, 15) is 0 Å². The predicted octanol–water partition coefficient (Wildman–Crippen LogP) is 3.15. The van der Waals surface area contributed by atoms with Gasteiger partial charge in [0, 0.05) is 50.2 Å². The molecule has 3 N–H and O–H groups in total. The van der Waals surface area contributed by atoms with Crippen LogP contribution in [0.1, 0.15) is 0 Å². The highest BCUT2D eigenvalue weighted by atomic mass is 16.5. The zero-order valence-electron chi connectivity index (χ0n) is 18.8. The molecular weight excluding hydrogens is 404 g/mol. The first-order chi connectivity index (χ1) is 15.5. The molecule has 0 amide bonds. The number of anilines is 4. The highest BCUT2D eigenvalue weighted by Gasteiger charge is 2.14. The lowest BCUT2D eigenvalue weighted by Gasteiger charge is -2.24. The minimum atomic E-state index is 0.437. The first kappa shape index (κ1) is 21.4. The molecule has 0 unspecified atom stereocenters. The Kier molecular flexibility index (Phi) is 6.09. The zero-order chi connectivity index (χ0) is 22.7. The van der Waals surface area contributed by atoms with Crippen molar-refractivity contribution in [3.05, 3.63) is 55.0 Å². The van der Waals surface area contributed by atoms with Gasteiger partial charge in [0.2, 0.25) is 5.95 Å². The topological polar surface area (TPSA) is 97.4 Å². The molecule has 166 valence electrons. The van der Waals surface area contributed by atoms with Gasteiger partial charge in [-0.05, 0) is 44.4 Å². The van der Waals surface area contributed by atoms with Gasteiger partial charge in [-0.2, -0.15) is 4.98 Å². The summed E-state index contributed by atoms with van der Waals surface area (Å²) in [5.74, 6) is 1.81. The number of methoxy groups -OCH3 is 1. The number of nitrogens with one attached hydrogen (secondary N) is 1. The van der Waals surface area contributed by atoms with Gasteiger partial charge in [-0.25, -0.2) is 9.97 Å². The van der Waals surface area contributed by atoms with E-state index in [1.54, 1.807) is 19.5 Å². The number of fused-ring (bicyclic) bond motifs is 1. The largest absolute Gasteiger partial charge is 0.494 e. The molecule has 0 atom stereocenters. The highest BCUT2D eigenvalue weighted by Crippen LogP contribution is 2.36. The van der Waals surface area contributed by atoms with Crippen LogP contribution in [0.5, 0.6) is 5.75 Å². The van der Waals surface area contributed by atoms with Crippen LogP contribution in [0.15, 0.2) is 55.0 Å². The second-order valence-corrected chi connectivity index (χ2v) is 7.80. The third-order valence-electron chi connectivity index (χ3n) is 5.23. The first-order valence-corrected chi connectivity index (χ1v) is 10.3. The molecular formula is C23H28N8O. The number of nitrogen functional groups attached to an aromatic ring is 1. The average molecular weight is 433 g/mol. The van der Waals surface area contributed by atoms with Gasteiger partial charge in [0.1, 0.15) is 17.2 Å². The molecule has 0 spiro atoms. The summed E-state index contributed by atoms with van der Waals surface area (Å²) in [6, 6.07) is 11.6. The summed E-state index contributed by atoms with van der Waals surface area (Å²) in [5, 5.41) is 4.29. The molecule has 0 fully saturated rings. The molecule has 32 heavy (non-hydrogen) atoms. The maximum Gasteiger partial charge on any atom is 0.229 e. The van der Waals surface area contributed by atoms with Crippen LogP contribution in [0.3, 0.4) is 0 Å². The van der Waals surface area contributed by atoms with Gasteiger partial charge in [-0.1, -0.05) is 0 Å². The second-order valence-electron chi connectivity index (χ2n) is 7.80. The van der Waals surface area contributed by atoms with Gasteiger partial charge in [0.25, 0.3) is 0 Å². The van der Waals surface area contributed by atoms with E-state index >= 15 is 0 Å². The molecule has 0 bridgehead atoms. The molecule has 0 aliphatic carbocycles. The fraction of sp³-hybridized carbons (Fsp3) is 0.261. The Morgan fingerprint density at radius 2 is 1.91 bits per heavy atom. The molecule has 1 aromatic carbocycles. The van der Waals surface area contributed by atoms with Gasteiger partial charge >= 0.3 is 0 Å². The van der Waals surface area contributed by atoms with Crippen LogP contribution < -0.4 is 20.7 Å². The first-order valence-electron chi connectivity index (χ1n) is 10.3. The minimum absolute atomic E-state index is 0.437. The molecule has 4 rings (SSSR count). The molecule has 0 aliphatic heterocycles. The standard InChI is InChI=1S/C23H28N8O/c1-29(2)12-13-30(3)19-15-20(32-4)18(14-17(19)24)27-23-26-10-7-21(28-23)31-11-8-16-6-5-9-25-22(16)31/h5-11,14-15H,12-13,24H2,1-4H3,(H,26,27,28). The Morgan fingerprint density at radius 1 is 1.06 bits per heavy atom. The summed E-state index contributed by atoms with van der Waals surface area (Å²) in [5.41, 5.74) is 9.46. The highest BCUT2D eigenvalue weighted by molar-refractivity contribution is 5.79. The van der Waals surface area contributed by atoms with Crippen molar-refractivity contribution in [3.63, 3.8) is 0 Å². The summed E-state index contributed by atoms with van der Waals surface area (Å²) in [6.45, 7) is 1.76.